The number of thiophene rings is 1. The van der Waals surface area contributed by atoms with Crippen LogP contribution in [0, 0.1) is 5.92 Å². The summed E-state index contributed by atoms with van der Waals surface area (Å²) in [6.45, 7) is 1.62. The van der Waals surface area contributed by atoms with Crippen LogP contribution >= 0.6 is 34.5 Å². The lowest BCUT2D eigenvalue weighted by atomic mass is 10.0. The van der Waals surface area contributed by atoms with E-state index < -0.39 is 11.9 Å². The van der Waals surface area contributed by atoms with Crippen molar-refractivity contribution in [3.63, 3.8) is 0 Å². The standard InChI is InChI=1S/C15H14Cl2O5S/c1-6(15(20)22-3)4-8(18)9-5-7-10(16)12(19)13(21-2)11(17)14(7)23-9/h5-6,19H,4H2,1-3H3. The number of rotatable bonds is 5. The molecule has 1 N–H and O–H groups in total. The maximum absolute atomic E-state index is 12.3. The van der Waals surface area contributed by atoms with Crippen LogP contribution in [0.25, 0.3) is 10.1 Å². The molecule has 2 aromatic rings. The highest BCUT2D eigenvalue weighted by atomic mass is 35.5. The molecule has 23 heavy (non-hydrogen) atoms. The molecule has 2 rings (SSSR count). The minimum absolute atomic E-state index is 0.0118. The van der Waals surface area contributed by atoms with Gasteiger partial charge in [-0.1, -0.05) is 30.1 Å². The van der Waals surface area contributed by atoms with Gasteiger partial charge >= 0.3 is 5.97 Å². The van der Waals surface area contributed by atoms with Gasteiger partial charge in [-0.2, -0.15) is 0 Å². The van der Waals surface area contributed by atoms with E-state index >= 15 is 0 Å². The van der Waals surface area contributed by atoms with Gasteiger partial charge in [0.25, 0.3) is 0 Å². The lowest BCUT2D eigenvalue weighted by Crippen LogP contribution is -2.16. The fourth-order valence-corrected chi connectivity index (χ4v) is 3.86. The van der Waals surface area contributed by atoms with E-state index in [2.05, 4.69) is 4.74 Å². The number of benzene rings is 1. The Morgan fingerprint density at radius 3 is 2.52 bits per heavy atom. The lowest BCUT2D eigenvalue weighted by Gasteiger charge is -2.08. The number of phenolic OH excluding ortho intramolecular Hbond substituents is 1. The number of hydrogen-bond acceptors (Lipinski definition) is 6. The van der Waals surface area contributed by atoms with Crippen molar-refractivity contribution in [3.8, 4) is 11.5 Å². The lowest BCUT2D eigenvalue weighted by molar-refractivity contribution is -0.144. The maximum Gasteiger partial charge on any atom is 0.308 e. The van der Waals surface area contributed by atoms with E-state index in [9.17, 15) is 14.7 Å². The Bertz CT molecular complexity index is 784. The highest BCUT2D eigenvalue weighted by Crippen LogP contribution is 2.49. The minimum Gasteiger partial charge on any atom is -0.503 e. The molecule has 0 aliphatic carbocycles. The number of ether oxygens (including phenoxy) is 2. The van der Waals surface area contributed by atoms with Crippen molar-refractivity contribution in [2.75, 3.05) is 14.2 Å². The molecule has 0 bridgehead atoms. The first-order valence-electron chi connectivity index (χ1n) is 6.60. The van der Waals surface area contributed by atoms with Gasteiger partial charge in [-0.25, -0.2) is 0 Å². The van der Waals surface area contributed by atoms with Crippen LogP contribution in [0.2, 0.25) is 10.0 Å². The highest BCUT2D eigenvalue weighted by Gasteiger charge is 2.24. The molecule has 0 spiro atoms. The molecule has 124 valence electrons. The van der Waals surface area contributed by atoms with Crippen LogP contribution in [0.1, 0.15) is 23.0 Å². The number of phenols is 1. The first-order chi connectivity index (χ1) is 10.8. The summed E-state index contributed by atoms with van der Waals surface area (Å²) >= 11 is 13.4. The molecule has 1 aromatic carbocycles. The average molecular weight is 377 g/mol. The zero-order valence-electron chi connectivity index (χ0n) is 12.6. The summed E-state index contributed by atoms with van der Waals surface area (Å²) in [5.74, 6) is -1.43. The third-order valence-corrected chi connectivity index (χ3v) is 5.41. The first-order valence-corrected chi connectivity index (χ1v) is 8.17. The summed E-state index contributed by atoms with van der Waals surface area (Å²) in [6.07, 6.45) is 0.0118. The van der Waals surface area contributed by atoms with Gasteiger partial charge in [-0.05, 0) is 6.07 Å². The molecule has 1 atom stereocenters. The van der Waals surface area contributed by atoms with Gasteiger partial charge in [0.15, 0.2) is 17.3 Å². The molecule has 0 saturated carbocycles. The number of aromatic hydroxyl groups is 1. The number of hydrogen-bond donors (Lipinski definition) is 1. The minimum atomic E-state index is -0.549. The summed E-state index contributed by atoms with van der Waals surface area (Å²) in [7, 11) is 2.64. The monoisotopic (exact) mass is 376 g/mol. The van der Waals surface area contributed by atoms with Gasteiger partial charge in [-0.15, -0.1) is 11.3 Å². The molecule has 1 aromatic heterocycles. The van der Waals surface area contributed by atoms with Crippen molar-refractivity contribution in [1.29, 1.82) is 0 Å². The number of methoxy groups -OCH3 is 2. The Kier molecular flexibility index (Phi) is 5.39. The molecule has 0 saturated heterocycles. The predicted octanol–water partition coefficient (Wildman–Crippen LogP) is 4.30. The van der Waals surface area contributed by atoms with E-state index in [0.29, 0.717) is 15.0 Å². The van der Waals surface area contributed by atoms with E-state index in [-0.39, 0.29) is 33.7 Å². The number of Topliss-reactive ketones (excluding diaryl/α,β-unsaturated/α-hetero) is 1. The molecule has 1 unspecified atom stereocenters. The Morgan fingerprint density at radius 1 is 1.30 bits per heavy atom. The summed E-state index contributed by atoms with van der Waals surface area (Å²) in [6, 6.07) is 1.56. The van der Waals surface area contributed by atoms with Gasteiger partial charge < -0.3 is 14.6 Å². The van der Waals surface area contributed by atoms with Gasteiger partial charge in [0.05, 0.1) is 34.7 Å². The first kappa shape index (κ1) is 17.8. The molecule has 1 heterocycles. The van der Waals surface area contributed by atoms with E-state index in [1.54, 1.807) is 13.0 Å². The van der Waals surface area contributed by atoms with Crippen LogP contribution in [-0.2, 0) is 9.53 Å². The summed E-state index contributed by atoms with van der Waals surface area (Å²) in [4.78, 5) is 24.1. The van der Waals surface area contributed by atoms with E-state index in [1.807, 2.05) is 0 Å². The Balaban J connectivity index is 2.45. The Morgan fingerprint density at radius 2 is 1.96 bits per heavy atom. The van der Waals surface area contributed by atoms with Gasteiger partial charge in [-0.3, -0.25) is 9.59 Å². The van der Waals surface area contributed by atoms with Crippen LogP contribution in [-0.4, -0.2) is 31.1 Å². The normalized spacial score (nSPS) is 12.2. The topological polar surface area (TPSA) is 72.8 Å². The third-order valence-electron chi connectivity index (χ3n) is 3.36. The zero-order valence-corrected chi connectivity index (χ0v) is 14.9. The van der Waals surface area contributed by atoms with E-state index in [1.165, 1.54) is 14.2 Å². The van der Waals surface area contributed by atoms with Crippen LogP contribution in [0.5, 0.6) is 11.5 Å². The zero-order chi connectivity index (χ0) is 17.3. The van der Waals surface area contributed by atoms with Crippen molar-refractivity contribution in [2.45, 2.75) is 13.3 Å². The summed E-state index contributed by atoms with van der Waals surface area (Å²) < 4.78 is 10.2. The van der Waals surface area contributed by atoms with Gasteiger partial charge in [0.2, 0.25) is 0 Å². The number of carbonyl (C=O) groups excluding carboxylic acids is 2. The fraction of sp³-hybridized carbons (Fsp3) is 0.333. The second kappa shape index (κ2) is 6.95. The number of halogens is 2. The van der Waals surface area contributed by atoms with Crippen molar-refractivity contribution < 1.29 is 24.2 Å². The molecule has 0 amide bonds. The fourth-order valence-electron chi connectivity index (χ4n) is 2.14. The number of esters is 1. The molecule has 0 aliphatic rings. The van der Waals surface area contributed by atoms with Gasteiger partial charge in [0, 0.05) is 11.8 Å². The average Bonchev–Trinajstić information content (AvgIpc) is 2.98. The Labute approximate surface area is 146 Å². The number of fused-ring (bicyclic) bond motifs is 1. The molecule has 5 nitrogen and oxygen atoms in total. The van der Waals surface area contributed by atoms with Crippen molar-refractivity contribution >= 4 is 56.4 Å². The summed E-state index contributed by atoms with van der Waals surface area (Å²) in [5, 5.41) is 10.7. The third kappa shape index (κ3) is 3.24. The molecule has 0 aliphatic heterocycles. The SMILES string of the molecule is COC(=O)C(C)CC(=O)c1cc2c(Cl)c(O)c(OC)c(Cl)c2s1. The van der Waals surface area contributed by atoms with Crippen molar-refractivity contribution in [3.05, 3.63) is 21.0 Å². The van der Waals surface area contributed by atoms with Crippen LogP contribution in [0.4, 0.5) is 0 Å². The smallest absolute Gasteiger partial charge is 0.308 e. The quantitative estimate of drug-likeness (QED) is 0.621. The second-order valence-corrected chi connectivity index (χ2v) is 6.72. The molecule has 8 heteroatoms. The molecular formula is C15H14Cl2O5S. The number of carbonyl (C=O) groups is 2. The van der Waals surface area contributed by atoms with E-state index in [4.69, 9.17) is 27.9 Å². The van der Waals surface area contributed by atoms with Crippen LogP contribution < -0.4 is 4.74 Å². The maximum atomic E-state index is 12.3. The predicted molar refractivity (Wildman–Crippen MR) is 90.2 cm³/mol. The molecular weight excluding hydrogens is 363 g/mol. The van der Waals surface area contributed by atoms with Crippen molar-refractivity contribution in [2.24, 2.45) is 5.92 Å². The second-order valence-electron chi connectivity index (χ2n) is 4.91. The number of ketones is 1. The van der Waals surface area contributed by atoms with E-state index in [0.717, 1.165) is 11.3 Å². The Hall–Kier alpha value is -1.50. The van der Waals surface area contributed by atoms with Crippen molar-refractivity contribution in [1.82, 2.24) is 0 Å². The largest absolute Gasteiger partial charge is 0.503 e. The molecule has 0 fully saturated rings. The van der Waals surface area contributed by atoms with Crippen LogP contribution in [0.3, 0.4) is 0 Å². The van der Waals surface area contributed by atoms with Gasteiger partial charge in [0.1, 0.15) is 5.02 Å². The summed E-state index contributed by atoms with van der Waals surface area (Å²) in [5.41, 5.74) is 0. The highest BCUT2D eigenvalue weighted by molar-refractivity contribution is 7.21. The molecule has 0 radical (unpaired) electrons. The van der Waals surface area contributed by atoms with Crippen LogP contribution in [0.15, 0.2) is 6.07 Å².